The van der Waals surface area contributed by atoms with E-state index in [-0.39, 0.29) is 17.5 Å². The summed E-state index contributed by atoms with van der Waals surface area (Å²) in [7, 11) is 0. The van der Waals surface area contributed by atoms with Gasteiger partial charge in [-0.3, -0.25) is 0 Å². The monoisotopic (exact) mass is 265 g/mol. The maximum Gasteiger partial charge on any atom is 0.120 e. The van der Waals surface area contributed by atoms with Gasteiger partial charge in [0.05, 0.1) is 6.10 Å². The Hall–Kier alpha value is -1.26. The summed E-state index contributed by atoms with van der Waals surface area (Å²) < 4.78 is 5.67. The molecule has 4 heteroatoms. The Bertz CT molecular complexity index is 422. The van der Waals surface area contributed by atoms with Crippen molar-refractivity contribution in [1.82, 2.24) is 5.32 Å². The van der Waals surface area contributed by atoms with Crippen LogP contribution in [0.15, 0.2) is 18.2 Å². The molecule has 3 N–H and O–H groups in total. The van der Waals surface area contributed by atoms with Gasteiger partial charge in [-0.05, 0) is 43.9 Å². The second kappa shape index (κ2) is 6.26. The molecule has 106 valence electrons. The Balaban J connectivity index is 1.93. The number of nitrogens with one attached hydrogen (secondary N) is 1. The van der Waals surface area contributed by atoms with Crippen LogP contribution in [0.3, 0.4) is 0 Å². The average molecular weight is 265 g/mol. The predicted molar refractivity (Wildman–Crippen MR) is 74.3 cm³/mol. The van der Waals surface area contributed by atoms with Crippen LogP contribution in [-0.2, 0) is 4.74 Å². The van der Waals surface area contributed by atoms with Crippen molar-refractivity contribution in [2.45, 2.75) is 38.8 Å². The minimum Gasteiger partial charge on any atom is -0.508 e. The van der Waals surface area contributed by atoms with Gasteiger partial charge in [-0.1, -0.05) is 6.92 Å². The third-order valence-electron chi connectivity index (χ3n) is 3.91. The van der Waals surface area contributed by atoms with Gasteiger partial charge in [0.15, 0.2) is 0 Å². The molecule has 1 aliphatic heterocycles. The predicted octanol–water partition coefficient (Wildman–Crippen LogP) is 2.56. The first-order valence-electron chi connectivity index (χ1n) is 6.98. The zero-order valence-corrected chi connectivity index (χ0v) is 11.6. The highest BCUT2D eigenvalue weighted by Crippen LogP contribution is 2.29. The Morgan fingerprint density at radius 1 is 1.42 bits per heavy atom. The molecule has 1 aliphatic rings. The van der Waals surface area contributed by atoms with Crippen molar-refractivity contribution in [3.05, 3.63) is 23.8 Å². The highest BCUT2D eigenvalue weighted by Gasteiger charge is 2.26. The van der Waals surface area contributed by atoms with Crippen molar-refractivity contribution in [3.63, 3.8) is 0 Å². The lowest BCUT2D eigenvalue weighted by molar-refractivity contribution is 0.0867. The molecule has 0 bridgehead atoms. The Kier molecular flexibility index (Phi) is 4.66. The number of benzene rings is 1. The van der Waals surface area contributed by atoms with Crippen LogP contribution in [0, 0.1) is 5.92 Å². The average Bonchev–Trinajstić information content (AvgIpc) is 2.86. The first-order valence-corrected chi connectivity index (χ1v) is 6.98. The van der Waals surface area contributed by atoms with Gasteiger partial charge < -0.3 is 20.3 Å². The Labute approximate surface area is 114 Å². The van der Waals surface area contributed by atoms with Gasteiger partial charge in [-0.2, -0.15) is 0 Å². The van der Waals surface area contributed by atoms with Crippen LogP contribution >= 0.6 is 0 Å². The molecule has 3 atom stereocenters. The maximum absolute atomic E-state index is 9.82. The van der Waals surface area contributed by atoms with Crippen molar-refractivity contribution in [1.29, 1.82) is 0 Å². The fourth-order valence-corrected chi connectivity index (χ4v) is 2.70. The molecule has 3 unspecified atom stereocenters. The largest absolute Gasteiger partial charge is 0.508 e. The molecule has 0 spiro atoms. The van der Waals surface area contributed by atoms with Gasteiger partial charge in [-0.25, -0.2) is 0 Å². The Morgan fingerprint density at radius 3 is 2.95 bits per heavy atom. The second-order valence-corrected chi connectivity index (χ2v) is 5.24. The number of hydrogen-bond acceptors (Lipinski definition) is 4. The molecule has 2 rings (SSSR count). The van der Waals surface area contributed by atoms with E-state index < -0.39 is 0 Å². The van der Waals surface area contributed by atoms with Crippen molar-refractivity contribution in [2.24, 2.45) is 5.92 Å². The number of hydrogen-bond donors (Lipinski definition) is 3. The van der Waals surface area contributed by atoms with Crippen LogP contribution in [0.25, 0.3) is 0 Å². The number of aromatic hydroxyl groups is 2. The number of ether oxygens (including phenoxy) is 1. The zero-order valence-electron chi connectivity index (χ0n) is 11.6. The van der Waals surface area contributed by atoms with Gasteiger partial charge in [-0.15, -0.1) is 0 Å². The normalized spacial score (nSPS) is 24.5. The van der Waals surface area contributed by atoms with E-state index in [0.29, 0.717) is 12.0 Å². The first-order chi connectivity index (χ1) is 9.11. The van der Waals surface area contributed by atoms with E-state index in [0.717, 1.165) is 31.6 Å². The summed E-state index contributed by atoms with van der Waals surface area (Å²) in [4.78, 5) is 0. The molecule has 0 amide bonds. The summed E-state index contributed by atoms with van der Waals surface area (Å²) in [6.45, 7) is 5.85. The summed E-state index contributed by atoms with van der Waals surface area (Å²) in [6, 6.07) is 4.63. The maximum atomic E-state index is 9.82. The SMILES string of the molecule is CCC1OCCC1CNC(C)c1cc(O)ccc1O. The van der Waals surface area contributed by atoms with Gasteiger partial charge in [0.1, 0.15) is 11.5 Å². The smallest absolute Gasteiger partial charge is 0.120 e. The topological polar surface area (TPSA) is 61.7 Å². The minimum atomic E-state index is 0.00482. The first kappa shape index (κ1) is 14.2. The van der Waals surface area contributed by atoms with Crippen molar-refractivity contribution >= 4 is 0 Å². The lowest BCUT2D eigenvalue weighted by atomic mass is 9.98. The summed E-state index contributed by atoms with van der Waals surface area (Å²) >= 11 is 0. The second-order valence-electron chi connectivity index (χ2n) is 5.24. The van der Waals surface area contributed by atoms with Crippen LogP contribution in [0.1, 0.15) is 38.3 Å². The van der Waals surface area contributed by atoms with E-state index in [1.165, 1.54) is 12.1 Å². The van der Waals surface area contributed by atoms with Crippen LogP contribution in [0.2, 0.25) is 0 Å². The van der Waals surface area contributed by atoms with Gasteiger partial charge in [0.2, 0.25) is 0 Å². The van der Waals surface area contributed by atoms with Crippen molar-refractivity contribution in [2.75, 3.05) is 13.2 Å². The molecule has 1 aromatic rings. The van der Waals surface area contributed by atoms with Crippen LogP contribution in [0.5, 0.6) is 11.5 Å². The molecule has 0 saturated carbocycles. The number of phenolic OH excluding ortho intramolecular Hbond substituents is 2. The molecular formula is C15H23NO3. The third kappa shape index (κ3) is 3.39. The molecule has 4 nitrogen and oxygen atoms in total. The third-order valence-corrected chi connectivity index (χ3v) is 3.91. The van der Waals surface area contributed by atoms with Gasteiger partial charge in [0.25, 0.3) is 0 Å². The molecule has 0 aromatic heterocycles. The summed E-state index contributed by atoms with van der Waals surface area (Å²) in [6.07, 6.45) is 2.47. The minimum absolute atomic E-state index is 0.00482. The quantitative estimate of drug-likeness (QED) is 0.716. The standard InChI is InChI=1S/C15H23NO3/c1-3-15-11(6-7-19-15)9-16-10(2)13-8-12(17)4-5-14(13)18/h4-5,8,10-11,15-18H,3,6-7,9H2,1-2H3. The van der Waals surface area contributed by atoms with Crippen LogP contribution in [0.4, 0.5) is 0 Å². The highest BCUT2D eigenvalue weighted by molar-refractivity contribution is 5.40. The molecular weight excluding hydrogens is 242 g/mol. The van der Waals surface area contributed by atoms with Gasteiger partial charge in [0, 0.05) is 24.8 Å². The molecule has 1 heterocycles. The summed E-state index contributed by atoms with van der Waals surface area (Å²) in [5.74, 6) is 0.927. The number of rotatable bonds is 5. The molecule has 1 saturated heterocycles. The lowest BCUT2D eigenvalue weighted by Crippen LogP contribution is -2.30. The molecule has 1 aromatic carbocycles. The van der Waals surface area contributed by atoms with Crippen molar-refractivity contribution in [3.8, 4) is 11.5 Å². The van der Waals surface area contributed by atoms with Gasteiger partial charge >= 0.3 is 0 Å². The highest BCUT2D eigenvalue weighted by atomic mass is 16.5. The fourth-order valence-electron chi connectivity index (χ4n) is 2.70. The molecule has 19 heavy (non-hydrogen) atoms. The lowest BCUT2D eigenvalue weighted by Gasteiger charge is -2.21. The van der Waals surface area contributed by atoms with Crippen molar-refractivity contribution < 1.29 is 14.9 Å². The van der Waals surface area contributed by atoms with E-state index >= 15 is 0 Å². The number of phenols is 2. The summed E-state index contributed by atoms with van der Waals surface area (Å²) in [5, 5.41) is 22.7. The fraction of sp³-hybridized carbons (Fsp3) is 0.600. The molecule has 1 fully saturated rings. The van der Waals surface area contributed by atoms with E-state index in [4.69, 9.17) is 4.74 Å². The van der Waals surface area contributed by atoms with E-state index in [1.807, 2.05) is 6.92 Å². The molecule has 0 radical (unpaired) electrons. The molecule has 0 aliphatic carbocycles. The van der Waals surface area contributed by atoms with E-state index in [9.17, 15) is 10.2 Å². The Morgan fingerprint density at radius 2 is 2.21 bits per heavy atom. The van der Waals surface area contributed by atoms with Crippen LogP contribution in [-0.4, -0.2) is 29.5 Å². The van der Waals surface area contributed by atoms with E-state index in [2.05, 4.69) is 12.2 Å². The summed E-state index contributed by atoms with van der Waals surface area (Å²) in [5.41, 5.74) is 0.729. The zero-order chi connectivity index (χ0) is 13.8. The van der Waals surface area contributed by atoms with E-state index in [1.54, 1.807) is 6.07 Å². The van der Waals surface area contributed by atoms with Crippen LogP contribution < -0.4 is 5.32 Å².